The molecular formula is C20H33N3O2. The molecule has 1 aliphatic rings. The lowest BCUT2D eigenvalue weighted by atomic mass is 10.1. The van der Waals surface area contributed by atoms with Crippen molar-refractivity contribution in [2.45, 2.75) is 51.9 Å². The van der Waals surface area contributed by atoms with Gasteiger partial charge in [0, 0.05) is 39.3 Å². The first-order chi connectivity index (χ1) is 11.6. The maximum Gasteiger partial charge on any atom is 0.410 e. The van der Waals surface area contributed by atoms with Gasteiger partial charge in [-0.15, -0.1) is 0 Å². The molecule has 25 heavy (non-hydrogen) atoms. The minimum atomic E-state index is -0.463. The van der Waals surface area contributed by atoms with Crippen molar-refractivity contribution in [1.29, 1.82) is 0 Å². The van der Waals surface area contributed by atoms with Gasteiger partial charge in [-0.3, -0.25) is 4.90 Å². The van der Waals surface area contributed by atoms with Gasteiger partial charge >= 0.3 is 6.09 Å². The largest absolute Gasteiger partial charge is 0.444 e. The molecule has 0 radical (unpaired) electrons. The van der Waals surface area contributed by atoms with E-state index in [-0.39, 0.29) is 6.09 Å². The summed E-state index contributed by atoms with van der Waals surface area (Å²) in [7, 11) is 6.09. The zero-order chi connectivity index (χ0) is 18.6. The molecule has 0 aromatic heterocycles. The summed E-state index contributed by atoms with van der Waals surface area (Å²) >= 11 is 0. The normalized spacial score (nSPS) is 18.6. The molecular weight excluding hydrogens is 314 g/mol. The zero-order valence-electron chi connectivity index (χ0n) is 16.6. The minimum Gasteiger partial charge on any atom is -0.444 e. The van der Waals surface area contributed by atoms with Crippen molar-refractivity contribution in [3.8, 4) is 0 Å². The molecule has 5 heteroatoms. The Kier molecular flexibility index (Phi) is 6.47. The van der Waals surface area contributed by atoms with Crippen LogP contribution in [0.15, 0.2) is 24.3 Å². The van der Waals surface area contributed by atoms with E-state index in [0.29, 0.717) is 12.6 Å². The summed E-state index contributed by atoms with van der Waals surface area (Å²) in [6.45, 7) is 9.49. The number of nitrogens with zero attached hydrogens (tertiary/aromatic N) is 3. The van der Waals surface area contributed by atoms with Crippen LogP contribution in [-0.4, -0.2) is 66.7 Å². The fraction of sp³-hybridized carbons (Fsp3) is 0.650. The molecule has 1 saturated heterocycles. The van der Waals surface area contributed by atoms with Crippen LogP contribution in [0, 0.1) is 0 Å². The molecule has 1 aromatic rings. The van der Waals surface area contributed by atoms with Gasteiger partial charge in [0.2, 0.25) is 0 Å². The Balaban J connectivity index is 1.84. The zero-order valence-corrected chi connectivity index (χ0v) is 16.6. The Labute approximate surface area is 152 Å². The Hall–Kier alpha value is -1.59. The van der Waals surface area contributed by atoms with Crippen LogP contribution in [0.1, 0.15) is 38.3 Å². The molecule has 0 spiro atoms. The summed E-state index contributed by atoms with van der Waals surface area (Å²) in [5, 5.41) is 0. The van der Waals surface area contributed by atoms with Gasteiger partial charge in [-0.25, -0.2) is 4.79 Å². The standard InChI is InChI=1S/C20H33N3O2/c1-20(2,3)25-19(24)22(6)13-16-7-9-17(10-8-16)14-23-12-11-18(15-23)21(4)5/h7-10,18H,11-15H2,1-6H3. The number of benzene rings is 1. The average Bonchev–Trinajstić information content (AvgIpc) is 2.96. The summed E-state index contributed by atoms with van der Waals surface area (Å²) in [6.07, 6.45) is 0.953. The fourth-order valence-corrected chi connectivity index (χ4v) is 3.06. The second kappa shape index (κ2) is 8.19. The molecule has 0 saturated carbocycles. The summed E-state index contributed by atoms with van der Waals surface area (Å²) in [6, 6.07) is 9.22. The molecule has 1 unspecified atom stereocenters. The third-order valence-electron chi connectivity index (χ3n) is 4.53. The second-order valence-corrected chi connectivity index (χ2v) is 8.29. The number of carbonyl (C=O) groups is 1. The van der Waals surface area contributed by atoms with E-state index in [1.807, 2.05) is 20.8 Å². The molecule has 0 aliphatic carbocycles. The summed E-state index contributed by atoms with van der Waals surface area (Å²) in [5.74, 6) is 0. The van der Waals surface area contributed by atoms with Crippen molar-refractivity contribution in [1.82, 2.24) is 14.7 Å². The third kappa shape index (κ3) is 6.33. The number of ether oxygens (including phenoxy) is 1. The van der Waals surface area contributed by atoms with Crippen LogP contribution in [0.4, 0.5) is 4.79 Å². The quantitative estimate of drug-likeness (QED) is 0.820. The first-order valence-electron chi connectivity index (χ1n) is 9.05. The minimum absolute atomic E-state index is 0.289. The van der Waals surface area contributed by atoms with Crippen LogP contribution >= 0.6 is 0 Å². The summed E-state index contributed by atoms with van der Waals surface area (Å²) in [4.78, 5) is 18.5. The highest BCUT2D eigenvalue weighted by molar-refractivity contribution is 5.67. The lowest BCUT2D eigenvalue weighted by Crippen LogP contribution is -2.33. The van der Waals surface area contributed by atoms with E-state index >= 15 is 0 Å². The fourth-order valence-electron chi connectivity index (χ4n) is 3.06. The van der Waals surface area contributed by atoms with Crippen molar-refractivity contribution in [2.75, 3.05) is 34.2 Å². The van der Waals surface area contributed by atoms with E-state index in [2.05, 4.69) is 48.2 Å². The van der Waals surface area contributed by atoms with Crippen LogP contribution in [0.25, 0.3) is 0 Å². The van der Waals surface area contributed by atoms with Crippen molar-refractivity contribution >= 4 is 6.09 Å². The number of carbonyl (C=O) groups excluding carboxylic acids is 1. The Morgan fingerprint density at radius 2 is 1.76 bits per heavy atom. The molecule has 1 aromatic carbocycles. The van der Waals surface area contributed by atoms with Crippen LogP contribution in [0.5, 0.6) is 0 Å². The van der Waals surface area contributed by atoms with Crippen LogP contribution in [0.2, 0.25) is 0 Å². The predicted octanol–water partition coefficient (Wildman–Crippen LogP) is 3.19. The smallest absolute Gasteiger partial charge is 0.410 e. The van der Waals surface area contributed by atoms with Gasteiger partial charge < -0.3 is 14.5 Å². The monoisotopic (exact) mass is 347 g/mol. The van der Waals surface area contributed by atoms with Crippen LogP contribution in [0.3, 0.4) is 0 Å². The topological polar surface area (TPSA) is 36.0 Å². The van der Waals surface area contributed by atoms with Crippen LogP contribution < -0.4 is 0 Å². The lowest BCUT2D eigenvalue weighted by molar-refractivity contribution is 0.0285. The number of hydrogen-bond acceptors (Lipinski definition) is 4. The summed E-state index contributed by atoms with van der Waals surface area (Å²) < 4.78 is 5.39. The molecule has 2 rings (SSSR count). The van der Waals surface area contributed by atoms with Gasteiger partial charge in [0.15, 0.2) is 0 Å². The van der Waals surface area contributed by atoms with E-state index in [1.54, 1.807) is 11.9 Å². The number of likely N-dealkylation sites (tertiary alicyclic amines) is 1. The highest BCUT2D eigenvalue weighted by Gasteiger charge is 2.23. The van der Waals surface area contributed by atoms with Gasteiger partial charge in [0.05, 0.1) is 0 Å². The Morgan fingerprint density at radius 3 is 2.28 bits per heavy atom. The SMILES string of the molecule is CN(Cc1ccc(CN2CCC(N(C)C)C2)cc1)C(=O)OC(C)(C)C. The molecule has 5 nitrogen and oxygen atoms in total. The molecule has 1 amide bonds. The number of rotatable bonds is 5. The van der Waals surface area contributed by atoms with Crippen LogP contribution in [-0.2, 0) is 17.8 Å². The number of amides is 1. The van der Waals surface area contributed by atoms with E-state index in [4.69, 9.17) is 4.74 Å². The molecule has 1 heterocycles. The first kappa shape index (κ1) is 19.7. The van der Waals surface area contributed by atoms with Gasteiger partial charge in [-0.05, 0) is 52.4 Å². The molecule has 1 fully saturated rings. The van der Waals surface area contributed by atoms with E-state index < -0.39 is 5.60 Å². The molecule has 0 bridgehead atoms. The maximum atomic E-state index is 12.0. The lowest BCUT2D eigenvalue weighted by Gasteiger charge is -2.24. The maximum absolute atomic E-state index is 12.0. The van der Waals surface area contributed by atoms with Crippen molar-refractivity contribution in [3.63, 3.8) is 0 Å². The van der Waals surface area contributed by atoms with Gasteiger partial charge in [-0.2, -0.15) is 0 Å². The number of likely N-dealkylation sites (N-methyl/N-ethyl adjacent to an activating group) is 1. The molecule has 140 valence electrons. The van der Waals surface area contributed by atoms with E-state index in [0.717, 1.165) is 25.2 Å². The highest BCUT2D eigenvalue weighted by atomic mass is 16.6. The number of hydrogen-bond donors (Lipinski definition) is 0. The second-order valence-electron chi connectivity index (χ2n) is 8.29. The Bertz CT molecular complexity index is 563. The van der Waals surface area contributed by atoms with E-state index in [9.17, 15) is 4.79 Å². The van der Waals surface area contributed by atoms with E-state index in [1.165, 1.54) is 12.0 Å². The molecule has 1 atom stereocenters. The third-order valence-corrected chi connectivity index (χ3v) is 4.53. The summed E-state index contributed by atoms with van der Waals surface area (Å²) in [5.41, 5.74) is 1.97. The van der Waals surface area contributed by atoms with Crippen molar-refractivity contribution in [2.24, 2.45) is 0 Å². The van der Waals surface area contributed by atoms with Gasteiger partial charge in [0.25, 0.3) is 0 Å². The van der Waals surface area contributed by atoms with Crippen molar-refractivity contribution in [3.05, 3.63) is 35.4 Å². The highest BCUT2D eigenvalue weighted by Crippen LogP contribution is 2.17. The van der Waals surface area contributed by atoms with Gasteiger partial charge in [-0.1, -0.05) is 24.3 Å². The van der Waals surface area contributed by atoms with Gasteiger partial charge in [0.1, 0.15) is 5.60 Å². The first-order valence-corrected chi connectivity index (χ1v) is 9.05. The molecule has 1 aliphatic heterocycles. The molecule has 0 N–H and O–H groups in total. The average molecular weight is 348 g/mol. The van der Waals surface area contributed by atoms with Crippen molar-refractivity contribution < 1.29 is 9.53 Å². The Morgan fingerprint density at radius 1 is 1.16 bits per heavy atom. The predicted molar refractivity (Wildman–Crippen MR) is 102 cm³/mol.